The van der Waals surface area contributed by atoms with Gasteiger partial charge in [-0.05, 0) is 50.5 Å². The van der Waals surface area contributed by atoms with Gasteiger partial charge in [-0.3, -0.25) is 23.2 Å². The fourth-order valence-electron chi connectivity index (χ4n) is 8.52. The number of ether oxygens (including phenoxy) is 3. The molecule has 1 aromatic heterocycles. The molecular formula is C52H95N3O17P2. The van der Waals surface area contributed by atoms with Crippen molar-refractivity contribution in [2.75, 3.05) is 25.6 Å². The van der Waals surface area contributed by atoms with E-state index in [2.05, 4.69) is 30.1 Å². The van der Waals surface area contributed by atoms with Crippen LogP contribution in [0.15, 0.2) is 29.2 Å². The van der Waals surface area contributed by atoms with Crippen molar-refractivity contribution in [2.45, 2.75) is 256 Å². The molecule has 1 aliphatic rings. The second-order valence-corrected chi connectivity index (χ2v) is 23.3. The van der Waals surface area contributed by atoms with E-state index in [0.29, 0.717) is 38.5 Å². The van der Waals surface area contributed by atoms with E-state index in [9.17, 15) is 53.7 Å². The molecule has 0 bridgehead atoms. The lowest BCUT2D eigenvalue weighted by Crippen LogP contribution is -2.36. The van der Waals surface area contributed by atoms with Crippen LogP contribution in [0.4, 0.5) is 5.82 Å². The number of aliphatic hydroxyl groups excluding tert-OH is 4. The summed E-state index contributed by atoms with van der Waals surface area (Å²) in [5.74, 6) is -0.600. The third kappa shape index (κ3) is 32.2. The lowest BCUT2D eigenvalue weighted by Gasteiger charge is -2.21. The highest BCUT2D eigenvalue weighted by Crippen LogP contribution is 2.60. The van der Waals surface area contributed by atoms with Crippen LogP contribution in [0.2, 0.25) is 0 Å². The lowest BCUT2D eigenvalue weighted by atomic mass is 10.0. The number of carbonyl (C=O) groups excluding carboxylic acids is 2. The van der Waals surface area contributed by atoms with Crippen molar-refractivity contribution in [3.05, 3.63) is 34.9 Å². The van der Waals surface area contributed by atoms with Crippen molar-refractivity contribution in [3.8, 4) is 0 Å². The summed E-state index contributed by atoms with van der Waals surface area (Å²) in [4.78, 5) is 62.1. The quantitative estimate of drug-likeness (QED) is 0.0138. The Balaban J connectivity index is 1.79. The number of esters is 2. The Kier molecular flexibility index (Phi) is 36.3. The van der Waals surface area contributed by atoms with Crippen molar-refractivity contribution < 1.29 is 76.5 Å². The second-order valence-electron chi connectivity index (χ2n) is 20.2. The number of aromatic nitrogens is 2. The molecule has 430 valence electrons. The zero-order valence-electron chi connectivity index (χ0n) is 44.8. The number of carbonyl (C=O) groups is 2. The molecule has 2 unspecified atom stereocenters. The zero-order chi connectivity index (χ0) is 54.6. The van der Waals surface area contributed by atoms with Crippen molar-refractivity contribution in [1.82, 2.24) is 9.55 Å². The number of aliphatic hydroxyl groups is 4. The Hall–Kier alpha value is -2.58. The van der Waals surface area contributed by atoms with Gasteiger partial charge < -0.3 is 50.2 Å². The van der Waals surface area contributed by atoms with Crippen LogP contribution in [0.5, 0.6) is 0 Å². The van der Waals surface area contributed by atoms with E-state index in [1.165, 1.54) is 83.1 Å². The molecule has 0 spiro atoms. The topological polar surface area (TPSA) is 306 Å². The Morgan fingerprint density at radius 3 is 1.80 bits per heavy atom. The van der Waals surface area contributed by atoms with Crippen LogP contribution >= 0.6 is 15.6 Å². The van der Waals surface area contributed by atoms with Crippen LogP contribution < -0.4 is 11.4 Å². The predicted octanol–water partition coefficient (Wildman–Crippen LogP) is 9.81. The summed E-state index contributed by atoms with van der Waals surface area (Å²) in [6.45, 7) is 4.31. The molecular weight excluding hydrogens is 1000 g/mol. The normalized spacial score (nSPS) is 19.9. The Morgan fingerprint density at radius 1 is 0.716 bits per heavy atom. The number of nitrogen functional groups attached to an aromatic ring is 1. The number of unbranched alkanes of at least 4 members (excludes halogenated alkanes) is 22. The molecule has 0 radical (unpaired) electrons. The molecule has 0 aliphatic carbocycles. The Morgan fingerprint density at radius 2 is 1.24 bits per heavy atom. The maximum atomic E-state index is 12.9. The minimum atomic E-state index is -5.46. The summed E-state index contributed by atoms with van der Waals surface area (Å²) in [5.41, 5.74) is 4.58. The maximum absolute atomic E-state index is 12.9. The molecule has 0 amide bonds. The van der Waals surface area contributed by atoms with Gasteiger partial charge in [0, 0.05) is 19.0 Å². The average Bonchev–Trinajstić information content (AvgIpc) is 3.62. The number of anilines is 1. The number of hydrogen-bond acceptors (Lipinski definition) is 17. The van der Waals surface area contributed by atoms with Gasteiger partial charge in [0.05, 0.1) is 25.4 Å². The molecule has 74 heavy (non-hydrogen) atoms. The van der Waals surface area contributed by atoms with Crippen LogP contribution in [-0.4, -0.2) is 108 Å². The van der Waals surface area contributed by atoms with Crippen molar-refractivity contribution in [3.63, 3.8) is 0 Å². The molecule has 9 atom stereocenters. The van der Waals surface area contributed by atoms with E-state index in [1.54, 1.807) is 0 Å². The van der Waals surface area contributed by atoms with Crippen LogP contribution in [-0.2, 0) is 46.3 Å². The van der Waals surface area contributed by atoms with E-state index in [-0.39, 0.29) is 18.7 Å². The van der Waals surface area contributed by atoms with Crippen molar-refractivity contribution in [1.29, 1.82) is 0 Å². The molecule has 20 nitrogen and oxygen atoms in total. The van der Waals surface area contributed by atoms with Gasteiger partial charge in [0.25, 0.3) is 0 Å². The first-order valence-corrected chi connectivity index (χ1v) is 30.7. The molecule has 1 aromatic rings. The molecule has 1 fully saturated rings. The summed E-state index contributed by atoms with van der Waals surface area (Å²) in [6, 6.07) is 1.24. The number of hydrogen-bond donors (Lipinski definition) is 7. The SMILES string of the molecule is CCCCC/C=C\C[C@H](O)[C@@H](O)CCCCCCCC(=O)O[C@H](COC(=O)CCCCCCCCCCCCCCCCCCC(C)C)COP(=O)(O)OP(=O)(O)OC[C@H]1O[C@@H](n2ccc(N)nc2=O)[C@H](O)[C@@H]1O. The number of phosphoric acid groups is 2. The third-order valence-electron chi connectivity index (χ3n) is 13.0. The highest BCUT2D eigenvalue weighted by atomic mass is 31.3. The van der Waals surface area contributed by atoms with Crippen LogP contribution in [0, 0.1) is 5.92 Å². The van der Waals surface area contributed by atoms with Crippen LogP contribution in [0.1, 0.15) is 220 Å². The summed E-state index contributed by atoms with van der Waals surface area (Å²) in [6.07, 6.45) is 24.4. The smallest absolute Gasteiger partial charge is 0.462 e. The predicted molar refractivity (Wildman–Crippen MR) is 282 cm³/mol. The fraction of sp³-hybridized carbons (Fsp3) is 0.846. The lowest BCUT2D eigenvalue weighted by molar-refractivity contribution is -0.161. The number of nitrogens with two attached hydrogens (primary N) is 1. The number of phosphoric ester groups is 2. The first-order chi connectivity index (χ1) is 35.3. The van der Waals surface area contributed by atoms with Gasteiger partial charge in [-0.1, -0.05) is 174 Å². The molecule has 1 aliphatic heterocycles. The highest BCUT2D eigenvalue weighted by Gasteiger charge is 2.46. The van der Waals surface area contributed by atoms with Gasteiger partial charge >= 0.3 is 33.3 Å². The molecule has 22 heteroatoms. The van der Waals surface area contributed by atoms with Crippen LogP contribution in [0.25, 0.3) is 0 Å². The number of rotatable bonds is 46. The van der Waals surface area contributed by atoms with Crippen molar-refractivity contribution >= 4 is 33.4 Å². The van der Waals surface area contributed by atoms with Gasteiger partial charge in [0.2, 0.25) is 0 Å². The van der Waals surface area contributed by atoms with E-state index in [4.69, 9.17) is 29.0 Å². The monoisotopic (exact) mass is 1100 g/mol. The zero-order valence-corrected chi connectivity index (χ0v) is 46.6. The van der Waals surface area contributed by atoms with E-state index in [1.807, 2.05) is 12.2 Å². The summed E-state index contributed by atoms with van der Waals surface area (Å²) < 4.78 is 56.8. The average molecular weight is 1100 g/mol. The number of allylic oxidation sites excluding steroid dienone is 1. The first-order valence-electron chi connectivity index (χ1n) is 27.7. The molecule has 0 saturated carbocycles. The van der Waals surface area contributed by atoms with Gasteiger partial charge in [0.1, 0.15) is 30.7 Å². The largest absolute Gasteiger partial charge is 0.481 e. The van der Waals surface area contributed by atoms with E-state index in [0.717, 1.165) is 80.9 Å². The molecule has 2 heterocycles. The van der Waals surface area contributed by atoms with E-state index < -0.39 is 95.9 Å². The van der Waals surface area contributed by atoms with Crippen molar-refractivity contribution in [2.24, 2.45) is 5.92 Å². The highest BCUT2D eigenvalue weighted by molar-refractivity contribution is 7.61. The number of nitrogens with zero attached hydrogens (tertiary/aromatic N) is 2. The summed E-state index contributed by atoms with van der Waals surface area (Å²) >= 11 is 0. The standard InChI is InChI=1S/C52H95N3O17P2/c1-4-5-6-7-22-27-32-43(56)44(57)33-28-23-20-25-30-35-48(59)70-42(38-67-47(58)34-29-24-19-17-15-13-11-9-8-10-12-14-16-18-21-26-31-41(2)3)39-68-73(63,64)72-74(65,66)69-40-45-49(60)50(61)51(71-45)55-37-36-46(53)54-52(55)62/h22,27,36-37,41-45,49-51,56-57,60-61H,4-21,23-26,28-35,38-40H2,1-3H3,(H,63,64)(H,65,66)(H2,53,54,62)/b27-22-/t42-,43+,44+,45-,49-,50-,51-/m1/s1. The summed E-state index contributed by atoms with van der Waals surface area (Å²) in [7, 11) is -10.9. The second kappa shape index (κ2) is 39.7. The van der Waals surface area contributed by atoms with Gasteiger partial charge in [0.15, 0.2) is 12.3 Å². The third-order valence-corrected chi connectivity index (χ3v) is 15.6. The molecule has 1 saturated heterocycles. The van der Waals surface area contributed by atoms with Gasteiger partial charge in [-0.15, -0.1) is 0 Å². The summed E-state index contributed by atoms with van der Waals surface area (Å²) in [5, 5.41) is 41.5. The van der Waals surface area contributed by atoms with Gasteiger partial charge in [-0.2, -0.15) is 9.29 Å². The maximum Gasteiger partial charge on any atom is 0.481 e. The van der Waals surface area contributed by atoms with Gasteiger partial charge in [-0.25, -0.2) is 13.9 Å². The van der Waals surface area contributed by atoms with E-state index >= 15 is 0 Å². The Bertz CT molecular complexity index is 1840. The Labute approximate surface area is 440 Å². The first kappa shape index (κ1) is 67.5. The molecule has 2 rings (SSSR count). The minimum absolute atomic E-state index is 0.0453. The fourth-order valence-corrected chi connectivity index (χ4v) is 10.6. The molecule has 8 N–H and O–H groups in total. The minimum Gasteiger partial charge on any atom is -0.462 e. The van der Waals surface area contributed by atoms with Crippen LogP contribution in [0.3, 0.4) is 0 Å². The molecule has 0 aromatic carbocycles.